The Kier molecular flexibility index (Phi) is 3.61. The lowest BCUT2D eigenvalue weighted by Gasteiger charge is -2.15. The average Bonchev–Trinajstić information content (AvgIpc) is 2.01. The molecule has 0 aliphatic rings. The van der Waals surface area contributed by atoms with Crippen molar-refractivity contribution in [3.05, 3.63) is 29.1 Å². The molecule has 3 heteroatoms. The molecule has 78 valence electrons. The van der Waals surface area contributed by atoms with E-state index in [0.29, 0.717) is 0 Å². The molecule has 1 aromatic rings. The first-order valence-electron chi connectivity index (χ1n) is 4.80. The summed E-state index contributed by atoms with van der Waals surface area (Å²) in [7, 11) is 3.99. The van der Waals surface area contributed by atoms with Gasteiger partial charge in [-0.2, -0.15) is 0 Å². The first-order chi connectivity index (χ1) is 6.50. The minimum atomic E-state index is -0.446. The van der Waals surface area contributed by atoms with E-state index in [1.165, 1.54) is 0 Å². The van der Waals surface area contributed by atoms with Gasteiger partial charge in [0.1, 0.15) is 0 Å². The first-order valence-corrected chi connectivity index (χ1v) is 4.80. The van der Waals surface area contributed by atoms with Crippen LogP contribution in [0.5, 0.6) is 0 Å². The van der Waals surface area contributed by atoms with E-state index in [-0.39, 0.29) is 0 Å². The summed E-state index contributed by atoms with van der Waals surface area (Å²) in [6, 6.07) is 3.88. The maximum atomic E-state index is 9.55. The van der Waals surface area contributed by atoms with Crippen molar-refractivity contribution in [2.24, 2.45) is 0 Å². The van der Waals surface area contributed by atoms with Crippen LogP contribution in [0, 0.1) is 6.92 Å². The SMILES string of the molecule is Cc1ccc(C(C)O)c(CN(C)C)n1. The van der Waals surface area contributed by atoms with Gasteiger partial charge >= 0.3 is 0 Å². The number of aliphatic hydroxyl groups is 1. The lowest BCUT2D eigenvalue weighted by atomic mass is 10.1. The highest BCUT2D eigenvalue weighted by Gasteiger charge is 2.09. The molecule has 0 spiro atoms. The van der Waals surface area contributed by atoms with Gasteiger partial charge in [-0.15, -0.1) is 0 Å². The molecule has 0 radical (unpaired) electrons. The Morgan fingerprint density at radius 2 is 2.07 bits per heavy atom. The number of aryl methyl sites for hydroxylation is 1. The molecular formula is C11H18N2O. The molecule has 14 heavy (non-hydrogen) atoms. The van der Waals surface area contributed by atoms with Crippen molar-refractivity contribution in [3.63, 3.8) is 0 Å². The van der Waals surface area contributed by atoms with E-state index in [1.54, 1.807) is 6.92 Å². The van der Waals surface area contributed by atoms with Gasteiger partial charge in [0.05, 0.1) is 11.8 Å². The smallest absolute Gasteiger partial charge is 0.0780 e. The molecule has 1 heterocycles. The zero-order valence-electron chi connectivity index (χ0n) is 9.28. The van der Waals surface area contributed by atoms with Crippen LogP contribution in [0.2, 0.25) is 0 Å². The van der Waals surface area contributed by atoms with Crippen LogP contribution < -0.4 is 0 Å². The molecule has 0 aliphatic carbocycles. The van der Waals surface area contributed by atoms with Crippen LogP contribution in [0.4, 0.5) is 0 Å². The molecule has 1 atom stereocenters. The Hall–Kier alpha value is -0.930. The molecule has 0 saturated heterocycles. The lowest BCUT2D eigenvalue weighted by molar-refractivity contribution is 0.196. The van der Waals surface area contributed by atoms with Crippen molar-refractivity contribution in [2.45, 2.75) is 26.5 Å². The largest absolute Gasteiger partial charge is 0.389 e. The summed E-state index contributed by atoms with van der Waals surface area (Å²) < 4.78 is 0. The maximum absolute atomic E-state index is 9.55. The topological polar surface area (TPSA) is 36.4 Å². The molecular weight excluding hydrogens is 176 g/mol. The summed E-state index contributed by atoms with van der Waals surface area (Å²) in [5.41, 5.74) is 2.88. The van der Waals surface area contributed by atoms with E-state index in [1.807, 2.05) is 38.1 Å². The average molecular weight is 194 g/mol. The number of nitrogens with zero attached hydrogens (tertiary/aromatic N) is 2. The molecule has 0 amide bonds. The molecule has 0 bridgehead atoms. The Morgan fingerprint density at radius 3 is 2.57 bits per heavy atom. The van der Waals surface area contributed by atoms with Crippen LogP contribution in [0.1, 0.15) is 30.0 Å². The highest BCUT2D eigenvalue weighted by atomic mass is 16.3. The van der Waals surface area contributed by atoms with Gasteiger partial charge in [0, 0.05) is 17.8 Å². The summed E-state index contributed by atoms with van der Waals surface area (Å²) in [5.74, 6) is 0. The van der Waals surface area contributed by atoms with Crippen LogP contribution in [0.15, 0.2) is 12.1 Å². The van der Waals surface area contributed by atoms with Crippen molar-refractivity contribution in [1.82, 2.24) is 9.88 Å². The second kappa shape index (κ2) is 4.53. The Morgan fingerprint density at radius 1 is 1.43 bits per heavy atom. The van der Waals surface area contributed by atoms with Crippen LogP contribution in [0.25, 0.3) is 0 Å². The third-order valence-corrected chi connectivity index (χ3v) is 2.06. The van der Waals surface area contributed by atoms with E-state index in [9.17, 15) is 5.11 Å². The summed E-state index contributed by atoms with van der Waals surface area (Å²) in [5, 5.41) is 9.55. The highest BCUT2D eigenvalue weighted by molar-refractivity contribution is 5.24. The number of rotatable bonds is 3. The summed E-state index contributed by atoms with van der Waals surface area (Å²) in [6.45, 7) is 4.50. The monoisotopic (exact) mass is 194 g/mol. The summed E-state index contributed by atoms with van der Waals surface area (Å²) in [6.07, 6.45) is -0.446. The maximum Gasteiger partial charge on any atom is 0.0780 e. The van der Waals surface area contributed by atoms with E-state index in [4.69, 9.17) is 0 Å². The van der Waals surface area contributed by atoms with Gasteiger partial charge < -0.3 is 10.0 Å². The normalized spacial score (nSPS) is 13.3. The Balaban J connectivity index is 3.03. The highest BCUT2D eigenvalue weighted by Crippen LogP contribution is 2.17. The fourth-order valence-corrected chi connectivity index (χ4v) is 1.43. The second-order valence-corrected chi connectivity index (χ2v) is 3.90. The van der Waals surface area contributed by atoms with Crippen molar-refractivity contribution in [3.8, 4) is 0 Å². The van der Waals surface area contributed by atoms with E-state index < -0.39 is 6.10 Å². The van der Waals surface area contributed by atoms with Crippen molar-refractivity contribution in [2.75, 3.05) is 14.1 Å². The minimum Gasteiger partial charge on any atom is -0.389 e. The second-order valence-electron chi connectivity index (χ2n) is 3.90. The molecule has 1 N–H and O–H groups in total. The number of aromatic nitrogens is 1. The van der Waals surface area contributed by atoms with Crippen molar-refractivity contribution >= 4 is 0 Å². The molecule has 0 aliphatic heterocycles. The zero-order chi connectivity index (χ0) is 10.7. The van der Waals surface area contributed by atoms with Crippen LogP contribution in [-0.2, 0) is 6.54 Å². The van der Waals surface area contributed by atoms with Crippen molar-refractivity contribution < 1.29 is 5.11 Å². The molecule has 1 unspecified atom stereocenters. The number of hydrogen-bond donors (Lipinski definition) is 1. The molecule has 0 fully saturated rings. The lowest BCUT2D eigenvalue weighted by Crippen LogP contribution is -2.15. The van der Waals surface area contributed by atoms with Gasteiger partial charge in [0.15, 0.2) is 0 Å². The number of aliphatic hydroxyl groups excluding tert-OH is 1. The van der Waals surface area contributed by atoms with E-state index in [0.717, 1.165) is 23.5 Å². The number of hydrogen-bond acceptors (Lipinski definition) is 3. The van der Waals surface area contributed by atoms with Crippen LogP contribution in [-0.4, -0.2) is 29.1 Å². The van der Waals surface area contributed by atoms with Crippen LogP contribution >= 0.6 is 0 Å². The van der Waals surface area contributed by atoms with Gasteiger partial charge in [0.25, 0.3) is 0 Å². The third kappa shape index (κ3) is 2.79. The quantitative estimate of drug-likeness (QED) is 0.792. The van der Waals surface area contributed by atoms with Crippen molar-refractivity contribution in [1.29, 1.82) is 0 Å². The third-order valence-electron chi connectivity index (χ3n) is 2.06. The zero-order valence-corrected chi connectivity index (χ0v) is 9.28. The summed E-state index contributed by atoms with van der Waals surface area (Å²) in [4.78, 5) is 6.48. The fourth-order valence-electron chi connectivity index (χ4n) is 1.43. The molecule has 0 saturated carbocycles. The predicted molar refractivity (Wildman–Crippen MR) is 57.0 cm³/mol. The summed E-state index contributed by atoms with van der Waals surface area (Å²) >= 11 is 0. The predicted octanol–water partition coefficient (Wildman–Crippen LogP) is 1.50. The minimum absolute atomic E-state index is 0.446. The van der Waals surface area contributed by atoms with E-state index >= 15 is 0 Å². The van der Waals surface area contributed by atoms with Gasteiger partial charge in [-0.05, 0) is 34.0 Å². The number of pyridine rings is 1. The van der Waals surface area contributed by atoms with Gasteiger partial charge in [-0.25, -0.2) is 0 Å². The first kappa shape index (κ1) is 11.1. The van der Waals surface area contributed by atoms with Crippen LogP contribution in [0.3, 0.4) is 0 Å². The van der Waals surface area contributed by atoms with E-state index in [2.05, 4.69) is 4.98 Å². The molecule has 3 nitrogen and oxygen atoms in total. The Bertz CT molecular complexity index is 308. The fraction of sp³-hybridized carbons (Fsp3) is 0.545. The Labute approximate surface area is 85.4 Å². The molecule has 1 rings (SSSR count). The molecule has 0 aromatic carbocycles. The standard InChI is InChI=1S/C11H18N2O/c1-8-5-6-10(9(2)14)11(12-8)7-13(3)4/h5-6,9,14H,7H2,1-4H3. The molecule has 1 aromatic heterocycles. The van der Waals surface area contributed by atoms with Gasteiger partial charge in [0.2, 0.25) is 0 Å². The van der Waals surface area contributed by atoms with Gasteiger partial charge in [-0.3, -0.25) is 4.98 Å². The van der Waals surface area contributed by atoms with Gasteiger partial charge in [-0.1, -0.05) is 6.07 Å².